The molecule has 0 N–H and O–H groups in total. The van der Waals surface area contributed by atoms with Gasteiger partial charge in [0.15, 0.2) is 0 Å². The number of carbonyl (C=O) groups excluding carboxylic acids is 2. The molecule has 18 heavy (non-hydrogen) atoms. The van der Waals surface area contributed by atoms with Gasteiger partial charge in [-0.2, -0.15) is 0 Å². The number of esters is 1. The molecule has 0 fully saturated rings. The largest absolute Gasteiger partial charge is 0.500 e. The van der Waals surface area contributed by atoms with E-state index < -0.39 is 17.6 Å². The summed E-state index contributed by atoms with van der Waals surface area (Å²) in [4.78, 5) is 23.4. The van der Waals surface area contributed by atoms with E-state index in [0.29, 0.717) is 6.61 Å². The lowest BCUT2D eigenvalue weighted by atomic mass is 10.0. The Balaban J connectivity index is 3.02. The lowest BCUT2D eigenvalue weighted by Crippen LogP contribution is -2.15. The second-order valence-electron chi connectivity index (χ2n) is 3.31. The van der Waals surface area contributed by atoms with E-state index in [1.807, 2.05) is 0 Å². The van der Waals surface area contributed by atoms with Crippen molar-refractivity contribution in [1.29, 1.82) is 0 Å². The molecule has 0 aromatic heterocycles. The summed E-state index contributed by atoms with van der Waals surface area (Å²) in [6.07, 6.45) is 1.05. The molecule has 96 valence electrons. The van der Waals surface area contributed by atoms with Crippen molar-refractivity contribution in [3.63, 3.8) is 0 Å². The van der Waals surface area contributed by atoms with Gasteiger partial charge in [0.25, 0.3) is 0 Å². The maximum absolute atomic E-state index is 12.7. The van der Waals surface area contributed by atoms with E-state index in [9.17, 15) is 14.0 Å². The maximum Gasteiger partial charge on any atom is 0.345 e. The van der Waals surface area contributed by atoms with Gasteiger partial charge in [0.1, 0.15) is 17.7 Å². The summed E-state index contributed by atoms with van der Waals surface area (Å²) >= 11 is 0. The van der Waals surface area contributed by atoms with Gasteiger partial charge in [-0.25, -0.2) is 9.18 Å². The molecule has 0 spiro atoms. The minimum Gasteiger partial charge on any atom is -0.500 e. The number of ether oxygens (including phenoxy) is 2. The van der Waals surface area contributed by atoms with E-state index in [1.165, 1.54) is 19.2 Å². The zero-order valence-electron chi connectivity index (χ0n) is 10.1. The molecule has 0 heterocycles. The fourth-order valence-electron chi connectivity index (χ4n) is 1.23. The van der Waals surface area contributed by atoms with Crippen LogP contribution in [0, 0.1) is 5.82 Å². The van der Waals surface area contributed by atoms with Crippen molar-refractivity contribution in [2.75, 3.05) is 13.7 Å². The Kier molecular flexibility index (Phi) is 5.05. The summed E-state index contributed by atoms with van der Waals surface area (Å²) in [6, 6.07) is 4.87. The molecule has 0 saturated heterocycles. The molecule has 5 heteroatoms. The van der Waals surface area contributed by atoms with Gasteiger partial charge in [0.2, 0.25) is 5.78 Å². The van der Waals surface area contributed by atoms with Gasteiger partial charge in [-0.05, 0) is 31.2 Å². The first-order chi connectivity index (χ1) is 8.60. The van der Waals surface area contributed by atoms with Gasteiger partial charge in [0.05, 0.1) is 13.7 Å². The first kappa shape index (κ1) is 13.9. The summed E-state index contributed by atoms with van der Waals surface area (Å²) in [5.74, 6) is -1.83. The summed E-state index contributed by atoms with van der Waals surface area (Å²) < 4.78 is 22.2. The molecule has 0 radical (unpaired) electrons. The third-order valence-electron chi connectivity index (χ3n) is 2.12. The van der Waals surface area contributed by atoms with E-state index >= 15 is 0 Å². The van der Waals surface area contributed by atoms with Crippen molar-refractivity contribution in [3.05, 3.63) is 47.5 Å². The molecule has 0 unspecified atom stereocenters. The number of rotatable bonds is 5. The SMILES string of the molecule is CCOC=C(C(=O)OC)C(=O)c1ccc(F)cc1. The van der Waals surface area contributed by atoms with Crippen LogP contribution in [0.15, 0.2) is 36.1 Å². The quantitative estimate of drug-likeness (QED) is 0.201. The summed E-state index contributed by atoms with van der Waals surface area (Å²) in [5, 5.41) is 0. The smallest absolute Gasteiger partial charge is 0.345 e. The van der Waals surface area contributed by atoms with Crippen LogP contribution in [-0.4, -0.2) is 25.5 Å². The third kappa shape index (κ3) is 3.41. The normalized spacial score (nSPS) is 10.9. The number of halogens is 1. The lowest BCUT2D eigenvalue weighted by molar-refractivity contribution is -0.135. The number of ketones is 1. The molecular weight excluding hydrogens is 239 g/mol. The zero-order chi connectivity index (χ0) is 13.5. The second-order valence-corrected chi connectivity index (χ2v) is 3.31. The Morgan fingerprint density at radius 2 is 1.89 bits per heavy atom. The first-order valence-corrected chi connectivity index (χ1v) is 5.30. The minimum atomic E-state index is -0.794. The highest BCUT2D eigenvalue weighted by Gasteiger charge is 2.21. The van der Waals surface area contributed by atoms with Crippen molar-refractivity contribution in [1.82, 2.24) is 0 Å². The Bertz CT molecular complexity index is 462. The number of methoxy groups -OCH3 is 1. The van der Waals surface area contributed by atoms with Gasteiger partial charge in [-0.3, -0.25) is 4.79 Å². The van der Waals surface area contributed by atoms with E-state index in [-0.39, 0.29) is 11.1 Å². The van der Waals surface area contributed by atoms with Gasteiger partial charge >= 0.3 is 5.97 Å². The maximum atomic E-state index is 12.7. The van der Waals surface area contributed by atoms with Crippen LogP contribution in [0.3, 0.4) is 0 Å². The summed E-state index contributed by atoms with van der Waals surface area (Å²) in [6.45, 7) is 2.03. The standard InChI is InChI=1S/C13H13FO4/c1-3-18-8-11(13(16)17-2)12(15)9-4-6-10(14)7-5-9/h4-8H,3H2,1-2H3. The van der Waals surface area contributed by atoms with Crippen LogP contribution in [-0.2, 0) is 14.3 Å². The molecule has 0 bridgehead atoms. The Labute approximate surface area is 104 Å². The van der Waals surface area contributed by atoms with Gasteiger partial charge in [0, 0.05) is 5.56 Å². The van der Waals surface area contributed by atoms with Crippen LogP contribution >= 0.6 is 0 Å². The average molecular weight is 252 g/mol. The second kappa shape index (κ2) is 6.54. The monoisotopic (exact) mass is 252 g/mol. The highest BCUT2D eigenvalue weighted by Crippen LogP contribution is 2.11. The number of hydrogen-bond donors (Lipinski definition) is 0. The van der Waals surface area contributed by atoms with Gasteiger partial charge in [-0.1, -0.05) is 0 Å². The average Bonchev–Trinajstić information content (AvgIpc) is 2.39. The van der Waals surface area contributed by atoms with Gasteiger partial charge in [-0.15, -0.1) is 0 Å². The predicted octanol–water partition coefficient (Wildman–Crippen LogP) is 2.10. The molecule has 0 amide bonds. The molecule has 0 atom stereocenters. The highest BCUT2D eigenvalue weighted by atomic mass is 19.1. The Morgan fingerprint density at radius 1 is 1.28 bits per heavy atom. The van der Waals surface area contributed by atoms with Crippen LogP contribution in [0.25, 0.3) is 0 Å². The topological polar surface area (TPSA) is 52.6 Å². The van der Waals surface area contributed by atoms with Crippen molar-refractivity contribution in [2.45, 2.75) is 6.92 Å². The molecule has 4 nitrogen and oxygen atoms in total. The van der Waals surface area contributed by atoms with Crippen LogP contribution < -0.4 is 0 Å². The molecule has 0 aliphatic rings. The fraction of sp³-hybridized carbons (Fsp3) is 0.231. The van der Waals surface area contributed by atoms with E-state index in [1.54, 1.807) is 6.92 Å². The minimum absolute atomic E-state index is 0.188. The third-order valence-corrected chi connectivity index (χ3v) is 2.12. The van der Waals surface area contributed by atoms with Crippen LogP contribution in [0.1, 0.15) is 17.3 Å². The number of hydrogen-bond acceptors (Lipinski definition) is 4. The summed E-state index contributed by atoms with van der Waals surface area (Å²) in [7, 11) is 1.17. The molecular formula is C13H13FO4. The fourth-order valence-corrected chi connectivity index (χ4v) is 1.23. The number of carbonyl (C=O) groups is 2. The Hall–Kier alpha value is -2.17. The zero-order valence-corrected chi connectivity index (χ0v) is 10.1. The van der Waals surface area contributed by atoms with Crippen molar-refractivity contribution >= 4 is 11.8 Å². The molecule has 0 aliphatic heterocycles. The van der Waals surface area contributed by atoms with Crippen LogP contribution in [0.4, 0.5) is 4.39 Å². The highest BCUT2D eigenvalue weighted by molar-refractivity contribution is 6.23. The molecule has 1 aromatic rings. The number of benzene rings is 1. The van der Waals surface area contributed by atoms with Crippen LogP contribution in [0.2, 0.25) is 0 Å². The van der Waals surface area contributed by atoms with E-state index in [4.69, 9.17) is 4.74 Å². The molecule has 0 saturated carbocycles. The number of Topliss-reactive ketones (excluding diaryl/α,β-unsaturated/α-hetero) is 1. The van der Waals surface area contributed by atoms with E-state index in [0.717, 1.165) is 18.4 Å². The lowest BCUT2D eigenvalue weighted by Gasteiger charge is -2.05. The molecule has 1 rings (SSSR count). The van der Waals surface area contributed by atoms with Crippen molar-refractivity contribution < 1.29 is 23.5 Å². The predicted molar refractivity (Wildman–Crippen MR) is 62.5 cm³/mol. The molecule has 1 aromatic carbocycles. The Morgan fingerprint density at radius 3 is 2.39 bits per heavy atom. The van der Waals surface area contributed by atoms with Crippen LogP contribution in [0.5, 0.6) is 0 Å². The molecule has 0 aliphatic carbocycles. The first-order valence-electron chi connectivity index (χ1n) is 5.30. The van der Waals surface area contributed by atoms with Crippen molar-refractivity contribution in [2.24, 2.45) is 0 Å². The van der Waals surface area contributed by atoms with Crippen molar-refractivity contribution in [3.8, 4) is 0 Å². The van der Waals surface area contributed by atoms with Gasteiger partial charge < -0.3 is 9.47 Å². The van der Waals surface area contributed by atoms with E-state index in [2.05, 4.69) is 4.74 Å². The summed E-state index contributed by atoms with van der Waals surface area (Å²) in [5.41, 5.74) is -0.0429.